The highest BCUT2D eigenvalue weighted by Crippen LogP contribution is 2.08. The number of rotatable bonds is 7. The van der Waals surface area contributed by atoms with E-state index in [2.05, 4.69) is 4.90 Å². The lowest BCUT2D eigenvalue weighted by Crippen LogP contribution is -2.38. The van der Waals surface area contributed by atoms with Crippen LogP contribution in [0, 0.1) is 0 Å². The van der Waals surface area contributed by atoms with Crippen LogP contribution in [0.4, 0.5) is 0 Å². The summed E-state index contributed by atoms with van der Waals surface area (Å²) in [5, 5.41) is 0. The van der Waals surface area contributed by atoms with Gasteiger partial charge in [-0.1, -0.05) is 6.42 Å². The molecule has 1 aliphatic rings. The minimum atomic E-state index is -0.260. The van der Waals surface area contributed by atoms with Gasteiger partial charge in [0.05, 0.1) is 0 Å². The molecule has 0 spiro atoms. The maximum absolute atomic E-state index is 5.59. The van der Waals surface area contributed by atoms with E-state index in [9.17, 15) is 0 Å². The molecule has 3 nitrogen and oxygen atoms in total. The van der Waals surface area contributed by atoms with Crippen molar-refractivity contribution in [1.82, 2.24) is 4.90 Å². The second kappa shape index (κ2) is 8.27. The maximum Gasteiger partial charge on any atom is 0.136 e. The Bertz CT molecular complexity index is 146. The molecule has 0 amide bonds. The first-order chi connectivity index (χ1) is 7.36. The van der Waals surface area contributed by atoms with E-state index in [0.29, 0.717) is 0 Å². The van der Waals surface area contributed by atoms with E-state index in [1.165, 1.54) is 38.5 Å². The third-order valence-electron chi connectivity index (χ3n) is 2.83. The third kappa shape index (κ3) is 5.66. The van der Waals surface area contributed by atoms with Gasteiger partial charge in [0.15, 0.2) is 0 Å². The van der Waals surface area contributed by atoms with Crippen molar-refractivity contribution in [2.24, 2.45) is 0 Å². The lowest BCUT2D eigenvalue weighted by molar-refractivity contribution is -0.0834. The molecule has 90 valence electrons. The molecule has 0 atom stereocenters. The molecule has 0 saturated carbocycles. The first-order valence-electron chi connectivity index (χ1n) is 6.32. The molecular formula is C11H25NO2Si. The number of hydrogen-bond acceptors (Lipinski definition) is 3. The highest BCUT2D eigenvalue weighted by molar-refractivity contribution is 6.36. The molecular weight excluding hydrogens is 206 g/mol. The highest BCUT2D eigenvalue weighted by Gasteiger charge is 2.14. The molecule has 15 heavy (non-hydrogen) atoms. The van der Waals surface area contributed by atoms with Crippen LogP contribution in [0.15, 0.2) is 0 Å². The molecule has 0 unspecified atom stereocenters. The Kier molecular flexibility index (Phi) is 7.26. The van der Waals surface area contributed by atoms with Crippen molar-refractivity contribution in [3.63, 3.8) is 0 Å². The molecule has 0 N–H and O–H groups in total. The Morgan fingerprint density at radius 1 is 1.07 bits per heavy atom. The summed E-state index contributed by atoms with van der Waals surface area (Å²) in [7, 11) is -0.260. The maximum atomic E-state index is 5.59. The number of ether oxygens (including phenoxy) is 2. The van der Waals surface area contributed by atoms with Crippen LogP contribution >= 0.6 is 0 Å². The number of nitrogens with zero attached hydrogens (tertiary/aromatic N) is 1. The molecule has 1 rings (SSSR count). The van der Waals surface area contributed by atoms with Crippen LogP contribution in [0.2, 0.25) is 0 Å². The van der Waals surface area contributed by atoms with Crippen molar-refractivity contribution in [2.75, 3.05) is 32.5 Å². The van der Waals surface area contributed by atoms with Crippen LogP contribution < -0.4 is 0 Å². The van der Waals surface area contributed by atoms with Crippen LogP contribution in [-0.4, -0.2) is 52.8 Å². The zero-order chi connectivity index (χ0) is 10.9. The second-order valence-electron chi connectivity index (χ2n) is 4.03. The first-order valence-corrected chi connectivity index (χ1v) is 8.14. The molecule has 1 heterocycles. The summed E-state index contributed by atoms with van der Waals surface area (Å²) >= 11 is 0. The van der Waals surface area contributed by atoms with E-state index in [1.54, 1.807) is 0 Å². The van der Waals surface area contributed by atoms with Gasteiger partial charge in [0.1, 0.15) is 15.4 Å². The fourth-order valence-corrected chi connectivity index (χ4v) is 3.89. The number of likely N-dealkylation sites (tertiary alicyclic amines) is 1. The van der Waals surface area contributed by atoms with E-state index in [-0.39, 0.29) is 15.4 Å². The monoisotopic (exact) mass is 231 g/mol. The largest absolute Gasteiger partial charge is 0.357 e. The molecule has 1 aliphatic heterocycles. The van der Waals surface area contributed by atoms with Gasteiger partial charge in [-0.05, 0) is 45.9 Å². The van der Waals surface area contributed by atoms with Gasteiger partial charge < -0.3 is 14.4 Å². The summed E-state index contributed by atoms with van der Waals surface area (Å²) in [6, 6.07) is 0. The van der Waals surface area contributed by atoms with Gasteiger partial charge in [-0.15, -0.1) is 0 Å². The highest BCUT2D eigenvalue weighted by atomic mass is 28.2. The molecule has 0 aromatic rings. The van der Waals surface area contributed by atoms with Crippen LogP contribution in [0.1, 0.15) is 33.1 Å². The molecule has 0 aromatic carbocycles. The van der Waals surface area contributed by atoms with E-state index in [1.807, 2.05) is 13.8 Å². The predicted molar refractivity (Wildman–Crippen MR) is 65.9 cm³/mol. The number of hydrogen-bond donors (Lipinski definition) is 0. The zero-order valence-corrected chi connectivity index (χ0v) is 11.6. The smallest absolute Gasteiger partial charge is 0.136 e. The molecule has 0 bridgehead atoms. The van der Waals surface area contributed by atoms with E-state index >= 15 is 0 Å². The summed E-state index contributed by atoms with van der Waals surface area (Å²) in [4.78, 5) is 2.58. The first kappa shape index (κ1) is 13.2. The minimum absolute atomic E-state index is 0.141. The Balaban J connectivity index is 2.13. The topological polar surface area (TPSA) is 21.7 Å². The molecule has 4 heteroatoms. The summed E-state index contributed by atoms with van der Waals surface area (Å²) in [6.07, 6.45) is 5.42. The molecule has 1 saturated heterocycles. The van der Waals surface area contributed by atoms with Crippen molar-refractivity contribution in [1.29, 1.82) is 0 Å². The third-order valence-corrected chi connectivity index (χ3v) is 4.67. The lowest BCUT2D eigenvalue weighted by Gasteiger charge is -2.27. The van der Waals surface area contributed by atoms with Crippen LogP contribution in [0.25, 0.3) is 0 Å². The van der Waals surface area contributed by atoms with E-state index in [0.717, 1.165) is 13.2 Å². The van der Waals surface area contributed by atoms with Crippen molar-refractivity contribution in [3.05, 3.63) is 0 Å². The van der Waals surface area contributed by atoms with Crippen molar-refractivity contribution in [3.8, 4) is 0 Å². The van der Waals surface area contributed by atoms with Gasteiger partial charge in [0, 0.05) is 13.2 Å². The van der Waals surface area contributed by atoms with Crippen molar-refractivity contribution >= 4 is 9.52 Å². The standard InChI is InChI=1S/C11H25NO2Si/c1-3-13-11(14-4-2)15-10-12-8-6-5-7-9-12/h11H,3-10,15H2,1-2H3. The fourth-order valence-electron chi connectivity index (χ4n) is 2.06. The minimum Gasteiger partial charge on any atom is -0.357 e. The summed E-state index contributed by atoms with van der Waals surface area (Å²) in [6.45, 7) is 8.22. The lowest BCUT2D eigenvalue weighted by atomic mass is 10.1. The van der Waals surface area contributed by atoms with Crippen molar-refractivity contribution in [2.45, 2.75) is 39.0 Å². The van der Waals surface area contributed by atoms with Crippen LogP contribution in [-0.2, 0) is 9.47 Å². The van der Waals surface area contributed by atoms with Gasteiger partial charge in [-0.2, -0.15) is 0 Å². The Labute approximate surface area is 95.9 Å². The van der Waals surface area contributed by atoms with E-state index in [4.69, 9.17) is 9.47 Å². The zero-order valence-electron chi connectivity index (χ0n) is 10.2. The molecule has 0 aliphatic carbocycles. The predicted octanol–water partition coefficient (Wildman–Crippen LogP) is 0.955. The Hall–Kier alpha value is 0.0969. The van der Waals surface area contributed by atoms with Gasteiger partial charge >= 0.3 is 0 Å². The molecule has 0 radical (unpaired) electrons. The van der Waals surface area contributed by atoms with Crippen LogP contribution in [0.5, 0.6) is 0 Å². The average Bonchev–Trinajstić information content (AvgIpc) is 2.28. The van der Waals surface area contributed by atoms with Gasteiger partial charge in [-0.25, -0.2) is 0 Å². The van der Waals surface area contributed by atoms with Crippen LogP contribution in [0.3, 0.4) is 0 Å². The Morgan fingerprint density at radius 2 is 1.67 bits per heavy atom. The SMILES string of the molecule is CCOC(OCC)[SiH2]CN1CCCCC1. The van der Waals surface area contributed by atoms with E-state index < -0.39 is 0 Å². The summed E-state index contributed by atoms with van der Waals surface area (Å²) < 4.78 is 11.2. The van der Waals surface area contributed by atoms with Gasteiger partial charge in [0.25, 0.3) is 0 Å². The normalized spacial score (nSPS) is 19.4. The Morgan fingerprint density at radius 3 is 2.20 bits per heavy atom. The summed E-state index contributed by atoms with van der Waals surface area (Å²) in [5.74, 6) is 0.141. The summed E-state index contributed by atoms with van der Waals surface area (Å²) in [5.41, 5.74) is 0. The van der Waals surface area contributed by atoms with Crippen molar-refractivity contribution < 1.29 is 9.47 Å². The molecule has 1 fully saturated rings. The fraction of sp³-hybridized carbons (Fsp3) is 1.00. The second-order valence-corrected chi connectivity index (χ2v) is 5.72. The molecule has 0 aromatic heterocycles. The van der Waals surface area contributed by atoms with Gasteiger partial charge in [0.2, 0.25) is 0 Å². The van der Waals surface area contributed by atoms with Gasteiger partial charge in [-0.3, -0.25) is 0 Å². The quantitative estimate of drug-likeness (QED) is 0.481. The average molecular weight is 231 g/mol. The number of piperidine rings is 1.